The van der Waals surface area contributed by atoms with Gasteiger partial charge in [0.1, 0.15) is 11.5 Å². The smallest absolute Gasteiger partial charge is 0.329 e. The Hall–Kier alpha value is -2.61. The quantitative estimate of drug-likeness (QED) is 0.309. The number of amides is 2. The predicted octanol–water partition coefficient (Wildman–Crippen LogP) is 5.10. The van der Waals surface area contributed by atoms with Gasteiger partial charge in [-0.15, -0.1) is 0 Å². The Kier molecular flexibility index (Phi) is 6.51. The average Bonchev–Trinajstić information content (AvgIpc) is 3.14. The topological polar surface area (TPSA) is 83.7 Å². The Labute approximate surface area is 178 Å². The molecule has 3 rings (SSSR count). The highest BCUT2D eigenvalue weighted by Gasteiger charge is 2.14. The van der Waals surface area contributed by atoms with Crippen molar-refractivity contribution >= 4 is 62.8 Å². The number of nitrogens with one attached hydrogen (secondary N) is 2. The van der Waals surface area contributed by atoms with Crippen LogP contribution in [-0.4, -0.2) is 18.0 Å². The maximum absolute atomic E-state index is 11.9. The second kappa shape index (κ2) is 9.05. The Morgan fingerprint density at radius 3 is 2.54 bits per heavy atom. The molecule has 9 heteroatoms. The molecule has 2 aromatic carbocycles. The van der Waals surface area contributed by atoms with Gasteiger partial charge in [-0.2, -0.15) is 5.10 Å². The molecule has 0 saturated carbocycles. The number of hydrogen-bond donors (Lipinski definition) is 2. The fourth-order valence-corrected chi connectivity index (χ4v) is 2.86. The van der Waals surface area contributed by atoms with Crippen molar-refractivity contribution in [3.63, 3.8) is 0 Å². The van der Waals surface area contributed by atoms with E-state index in [0.29, 0.717) is 31.7 Å². The van der Waals surface area contributed by atoms with Gasteiger partial charge in [0.05, 0.1) is 21.9 Å². The molecule has 0 fully saturated rings. The second-order valence-corrected chi connectivity index (χ2v) is 7.13. The first-order chi connectivity index (χ1) is 13.4. The predicted molar refractivity (Wildman–Crippen MR) is 113 cm³/mol. The number of hydrazone groups is 1. The van der Waals surface area contributed by atoms with Gasteiger partial charge in [-0.05, 0) is 58.4 Å². The van der Waals surface area contributed by atoms with E-state index in [4.69, 9.17) is 27.6 Å². The lowest BCUT2D eigenvalue weighted by atomic mass is 10.2. The molecule has 2 N–H and O–H groups in total. The minimum atomic E-state index is -0.914. The van der Waals surface area contributed by atoms with Crippen LogP contribution in [0.4, 0.5) is 5.69 Å². The van der Waals surface area contributed by atoms with Crippen LogP contribution in [0.2, 0.25) is 10.0 Å². The Morgan fingerprint density at radius 1 is 1.00 bits per heavy atom. The summed E-state index contributed by atoms with van der Waals surface area (Å²) in [6.45, 7) is 0. The molecule has 3 aromatic rings. The van der Waals surface area contributed by atoms with Gasteiger partial charge in [-0.25, -0.2) is 5.43 Å². The van der Waals surface area contributed by atoms with E-state index >= 15 is 0 Å². The van der Waals surface area contributed by atoms with Gasteiger partial charge in [0.25, 0.3) is 0 Å². The number of carbonyl (C=O) groups excluding carboxylic acids is 2. The van der Waals surface area contributed by atoms with Crippen LogP contribution in [0.1, 0.15) is 5.76 Å². The van der Waals surface area contributed by atoms with Crippen LogP contribution in [-0.2, 0) is 9.59 Å². The molecule has 6 nitrogen and oxygen atoms in total. The zero-order valence-electron chi connectivity index (χ0n) is 14.1. The number of nitrogens with zero attached hydrogens (tertiary/aromatic N) is 1. The molecule has 28 heavy (non-hydrogen) atoms. The van der Waals surface area contributed by atoms with Gasteiger partial charge >= 0.3 is 11.8 Å². The van der Waals surface area contributed by atoms with Crippen LogP contribution in [0.25, 0.3) is 11.3 Å². The minimum Gasteiger partial charge on any atom is -0.455 e. The number of hydrogen-bond acceptors (Lipinski definition) is 4. The molecule has 0 aliphatic heterocycles. The number of carbonyl (C=O) groups is 2. The maximum atomic E-state index is 11.9. The van der Waals surface area contributed by atoms with Gasteiger partial charge < -0.3 is 9.73 Å². The molecular weight excluding hydrogens is 469 g/mol. The average molecular weight is 481 g/mol. The third kappa shape index (κ3) is 5.01. The summed E-state index contributed by atoms with van der Waals surface area (Å²) < 4.78 is 6.27. The molecule has 142 valence electrons. The monoisotopic (exact) mass is 479 g/mol. The maximum Gasteiger partial charge on any atom is 0.329 e. The summed E-state index contributed by atoms with van der Waals surface area (Å²) in [5.41, 5.74) is 3.36. The lowest BCUT2D eigenvalue weighted by molar-refractivity contribution is -0.136. The number of halogens is 3. The van der Waals surface area contributed by atoms with Gasteiger partial charge in [0, 0.05) is 10.0 Å². The summed E-state index contributed by atoms with van der Waals surface area (Å²) in [6.07, 6.45) is 1.28. The molecule has 0 atom stereocenters. The van der Waals surface area contributed by atoms with E-state index in [2.05, 4.69) is 31.8 Å². The summed E-state index contributed by atoms with van der Waals surface area (Å²) >= 11 is 15.2. The van der Waals surface area contributed by atoms with E-state index in [1.165, 1.54) is 6.21 Å². The summed E-state index contributed by atoms with van der Waals surface area (Å²) in [5.74, 6) is -0.825. The highest BCUT2D eigenvalue weighted by atomic mass is 79.9. The fraction of sp³-hybridized carbons (Fsp3) is 0. The molecule has 1 aromatic heterocycles. The van der Waals surface area contributed by atoms with Gasteiger partial charge in [0.15, 0.2) is 0 Å². The van der Waals surface area contributed by atoms with Crippen molar-refractivity contribution in [1.29, 1.82) is 0 Å². The highest BCUT2D eigenvalue weighted by Crippen LogP contribution is 2.29. The summed E-state index contributed by atoms with van der Waals surface area (Å²) in [5, 5.41) is 7.06. The van der Waals surface area contributed by atoms with E-state index < -0.39 is 11.8 Å². The first-order valence-corrected chi connectivity index (χ1v) is 9.43. The van der Waals surface area contributed by atoms with Crippen molar-refractivity contribution in [2.45, 2.75) is 0 Å². The third-order valence-electron chi connectivity index (χ3n) is 3.52. The molecule has 0 bridgehead atoms. The Morgan fingerprint density at radius 2 is 1.79 bits per heavy atom. The molecular formula is C19H12BrCl2N3O3. The van der Waals surface area contributed by atoms with Gasteiger partial charge in [0.2, 0.25) is 0 Å². The summed E-state index contributed by atoms with van der Waals surface area (Å²) in [7, 11) is 0. The van der Waals surface area contributed by atoms with Crippen molar-refractivity contribution in [3.05, 3.63) is 74.9 Å². The molecule has 2 amide bonds. The fourth-order valence-electron chi connectivity index (χ4n) is 2.17. The Balaban J connectivity index is 1.59. The SMILES string of the molecule is O=C(N/N=C/c1ccc(-c2ccc(Cl)c(Cl)c2)o1)C(=O)Nc1ccccc1Br. The number of benzene rings is 2. The molecule has 0 unspecified atom stereocenters. The van der Waals surface area contributed by atoms with Gasteiger partial charge in [-0.3, -0.25) is 9.59 Å². The van der Waals surface area contributed by atoms with Crippen molar-refractivity contribution in [2.24, 2.45) is 5.10 Å². The zero-order valence-corrected chi connectivity index (χ0v) is 17.2. The number of rotatable bonds is 4. The van der Waals surface area contributed by atoms with E-state index in [0.717, 1.165) is 5.56 Å². The zero-order chi connectivity index (χ0) is 20.1. The van der Waals surface area contributed by atoms with Crippen LogP contribution in [0, 0.1) is 0 Å². The Bertz CT molecular complexity index is 1070. The van der Waals surface area contributed by atoms with Gasteiger partial charge in [-0.1, -0.05) is 35.3 Å². The standard InChI is InChI=1S/C19H12BrCl2N3O3/c20-13-3-1-2-4-16(13)24-18(26)19(27)25-23-10-12-6-8-17(28-12)11-5-7-14(21)15(22)9-11/h1-10H,(H,24,26)(H,25,27)/b23-10+. The molecule has 1 heterocycles. The van der Waals surface area contributed by atoms with E-state index in [9.17, 15) is 9.59 Å². The van der Waals surface area contributed by atoms with Crippen LogP contribution in [0.3, 0.4) is 0 Å². The second-order valence-electron chi connectivity index (χ2n) is 5.46. The number of anilines is 1. The number of para-hydroxylation sites is 1. The normalized spacial score (nSPS) is 10.8. The van der Waals surface area contributed by atoms with E-state index in [-0.39, 0.29) is 0 Å². The third-order valence-corrected chi connectivity index (χ3v) is 4.95. The van der Waals surface area contributed by atoms with E-state index in [1.807, 2.05) is 0 Å². The van der Waals surface area contributed by atoms with Crippen LogP contribution >= 0.6 is 39.1 Å². The first kappa shape index (κ1) is 20.1. The summed E-state index contributed by atoms with van der Waals surface area (Å²) in [6, 6.07) is 15.4. The molecule has 0 spiro atoms. The van der Waals surface area contributed by atoms with Crippen molar-refractivity contribution in [1.82, 2.24) is 5.43 Å². The first-order valence-electron chi connectivity index (χ1n) is 7.88. The molecule has 0 aliphatic carbocycles. The van der Waals surface area contributed by atoms with Crippen LogP contribution in [0.5, 0.6) is 0 Å². The lowest BCUT2D eigenvalue weighted by Crippen LogP contribution is -2.32. The highest BCUT2D eigenvalue weighted by molar-refractivity contribution is 9.10. The van der Waals surface area contributed by atoms with E-state index in [1.54, 1.807) is 54.6 Å². The van der Waals surface area contributed by atoms with Crippen LogP contribution in [0.15, 0.2) is 68.6 Å². The van der Waals surface area contributed by atoms with Crippen molar-refractivity contribution in [2.75, 3.05) is 5.32 Å². The number of furan rings is 1. The van der Waals surface area contributed by atoms with Crippen molar-refractivity contribution in [3.8, 4) is 11.3 Å². The van der Waals surface area contributed by atoms with Crippen molar-refractivity contribution < 1.29 is 14.0 Å². The van der Waals surface area contributed by atoms with Crippen LogP contribution < -0.4 is 10.7 Å². The lowest BCUT2D eigenvalue weighted by Gasteiger charge is -2.05. The minimum absolute atomic E-state index is 0.382. The molecule has 0 saturated heterocycles. The molecule has 0 aliphatic rings. The molecule has 0 radical (unpaired) electrons. The largest absolute Gasteiger partial charge is 0.455 e. The summed E-state index contributed by atoms with van der Waals surface area (Å²) in [4.78, 5) is 23.7.